The Morgan fingerprint density at radius 2 is 2.40 bits per heavy atom. The van der Waals surface area contributed by atoms with Crippen molar-refractivity contribution in [3.8, 4) is 0 Å². The number of halogens is 1. The van der Waals surface area contributed by atoms with Crippen molar-refractivity contribution in [2.45, 2.75) is 13.3 Å². The van der Waals surface area contributed by atoms with Crippen LogP contribution in [0.1, 0.15) is 13.3 Å². The van der Waals surface area contributed by atoms with Crippen LogP contribution in [0.25, 0.3) is 0 Å². The summed E-state index contributed by atoms with van der Waals surface area (Å²) in [6.45, 7) is 1.97. The van der Waals surface area contributed by atoms with Gasteiger partial charge in [-0.25, -0.2) is 4.39 Å². The summed E-state index contributed by atoms with van der Waals surface area (Å²) < 4.78 is 12.8. The number of nitrogens with zero attached hydrogens (tertiary/aromatic N) is 1. The minimum atomic E-state index is -0.306. The van der Waals surface area contributed by atoms with Crippen molar-refractivity contribution in [2.24, 2.45) is 5.10 Å². The highest BCUT2D eigenvalue weighted by Crippen LogP contribution is 2.08. The summed E-state index contributed by atoms with van der Waals surface area (Å²) in [6.07, 6.45) is 2.52. The highest BCUT2D eigenvalue weighted by molar-refractivity contribution is 7.80. The van der Waals surface area contributed by atoms with Crippen molar-refractivity contribution in [3.05, 3.63) is 30.1 Å². The molecule has 0 aliphatic heterocycles. The monoisotopic (exact) mass is 225 g/mol. The summed E-state index contributed by atoms with van der Waals surface area (Å²) in [5.74, 6) is -0.306. The first kappa shape index (κ1) is 11.6. The molecule has 0 heterocycles. The molecule has 0 bridgehead atoms. The summed E-state index contributed by atoms with van der Waals surface area (Å²) in [5.41, 5.74) is 3.22. The van der Waals surface area contributed by atoms with E-state index in [2.05, 4.69) is 15.8 Å². The zero-order valence-corrected chi connectivity index (χ0v) is 9.14. The molecular formula is C10H12FN3S. The van der Waals surface area contributed by atoms with Crippen LogP contribution in [-0.2, 0) is 0 Å². The summed E-state index contributed by atoms with van der Waals surface area (Å²) in [5, 5.41) is 6.98. The summed E-state index contributed by atoms with van der Waals surface area (Å²) in [7, 11) is 0. The first-order valence-electron chi connectivity index (χ1n) is 4.56. The lowest BCUT2D eigenvalue weighted by atomic mass is 10.3. The van der Waals surface area contributed by atoms with E-state index < -0.39 is 0 Å². The highest BCUT2D eigenvalue weighted by Gasteiger charge is 1.96. The van der Waals surface area contributed by atoms with Crippen LogP contribution in [0.3, 0.4) is 0 Å². The standard InChI is InChI=1S/C10H12FN3S/c1-2-6-12-14-10(15)13-9-5-3-4-8(11)7-9/h3-7H,2H2,1H3,(H2,13,14,15). The molecule has 0 amide bonds. The largest absolute Gasteiger partial charge is 0.331 e. The van der Waals surface area contributed by atoms with Crippen LogP contribution in [-0.4, -0.2) is 11.3 Å². The van der Waals surface area contributed by atoms with Gasteiger partial charge in [-0.1, -0.05) is 13.0 Å². The molecule has 0 spiro atoms. The van der Waals surface area contributed by atoms with Crippen LogP contribution in [0.2, 0.25) is 0 Å². The van der Waals surface area contributed by atoms with Crippen molar-refractivity contribution in [1.82, 2.24) is 5.43 Å². The third kappa shape index (κ3) is 4.51. The third-order valence-corrected chi connectivity index (χ3v) is 1.72. The number of thiocarbonyl (C=S) groups is 1. The maximum absolute atomic E-state index is 12.8. The second-order valence-electron chi connectivity index (χ2n) is 2.80. The summed E-state index contributed by atoms with van der Waals surface area (Å²) in [4.78, 5) is 0. The van der Waals surface area contributed by atoms with E-state index >= 15 is 0 Å². The minimum Gasteiger partial charge on any atom is -0.331 e. The van der Waals surface area contributed by atoms with Gasteiger partial charge in [0.2, 0.25) is 0 Å². The van der Waals surface area contributed by atoms with E-state index in [1.54, 1.807) is 18.3 Å². The summed E-state index contributed by atoms with van der Waals surface area (Å²) in [6, 6.07) is 6.06. The number of hydrogen-bond donors (Lipinski definition) is 2. The van der Waals surface area contributed by atoms with E-state index in [0.29, 0.717) is 10.8 Å². The van der Waals surface area contributed by atoms with Gasteiger partial charge in [0.15, 0.2) is 5.11 Å². The van der Waals surface area contributed by atoms with Crippen LogP contribution in [0.5, 0.6) is 0 Å². The lowest BCUT2D eigenvalue weighted by Crippen LogP contribution is -2.23. The Hall–Kier alpha value is -1.49. The first-order valence-corrected chi connectivity index (χ1v) is 4.97. The van der Waals surface area contributed by atoms with Gasteiger partial charge in [0.25, 0.3) is 0 Å². The van der Waals surface area contributed by atoms with Gasteiger partial charge in [-0.05, 0) is 36.8 Å². The van der Waals surface area contributed by atoms with Crippen molar-refractivity contribution >= 4 is 29.2 Å². The van der Waals surface area contributed by atoms with Gasteiger partial charge in [-0.2, -0.15) is 5.10 Å². The Bertz CT molecular complexity index is 365. The molecule has 15 heavy (non-hydrogen) atoms. The Labute approximate surface area is 93.4 Å². The van der Waals surface area contributed by atoms with Crippen LogP contribution in [0.15, 0.2) is 29.4 Å². The average Bonchev–Trinajstić information content (AvgIpc) is 2.18. The fourth-order valence-electron chi connectivity index (χ4n) is 0.921. The number of nitrogens with one attached hydrogen (secondary N) is 2. The predicted octanol–water partition coefficient (Wildman–Crippen LogP) is 2.51. The second kappa shape index (κ2) is 6.08. The predicted molar refractivity (Wildman–Crippen MR) is 64.5 cm³/mol. The Kier molecular flexibility index (Phi) is 4.70. The summed E-state index contributed by atoms with van der Waals surface area (Å²) >= 11 is 4.93. The van der Waals surface area contributed by atoms with Gasteiger partial charge in [0, 0.05) is 11.9 Å². The molecule has 3 nitrogen and oxygen atoms in total. The van der Waals surface area contributed by atoms with Crippen molar-refractivity contribution in [3.63, 3.8) is 0 Å². The molecule has 0 saturated heterocycles. The molecule has 0 aromatic heterocycles. The van der Waals surface area contributed by atoms with Gasteiger partial charge in [-0.3, -0.25) is 5.43 Å². The second-order valence-corrected chi connectivity index (χ2v) is 3.20. The van der Waals surface area contributed by atoms with Gasteiger partial charge in [-0.15, -0.1) is 0 Å². The van der Waals surface area contributed by atoms with Gasteiger partial charge < -0.3 is 5.32 Å². The maximum atomic E-state index is 12.8. The molecule has 0 aliphatic rings. The Morgan fingerprint density at radius 1 is 1.60 bits per heavy atom. The lowest BCUT2D eigenvalue weighted by Gasteiger charge is -2.06. The third-order valence-electron chi connectivity index (χ3n) is 1.52. The molecule has 0 aliphatic carbocycles. The van der Waals surface area contributed by atoms with Gasteiger partial charge in [0.1, 0.15) is 5.82 Å². The van der Waals surface area contributed by atoms with E-state index in [-0.39, 0.29) is 5.82 Å². The van der Waals surface area contributed by atoms with E-state index in [4.69, 9.17) is 12.2 Å². The van der Waals surface area contributed by atoms with Crippen LogP contribution in [0.4, 0.5) is 10.1 Å². The zero-order valence-electron chi connectivity index (χ0n) is 8.33. The number of hydrazone groups is 1. The number of rotatable bonds is 3. The molecule has 0 unspecified atom stereocenters. The number of hydrogen-bond acceptors (Lipinski definition) is 2. The molecule has 0 saturated carbocycles. The van der Waals surface area contributed by atoms with E-state index in [1.165, 1.54) is 12.1 Å². The van der Waals surface area contributed by atoms with Crippen LogP contribution >= 0.6 is 12.2 Å². The molecular weight excluding hydrogens is 213 g/mol. The van der Waals surface area contributed by atoms with Crippen LogP contribution < -0.4 is 10.7 Å². The van der Waals surface area contributed by atoms with Gasteiger partial charge >= 0.3 is 0 Å². The highest BCUT2D eigenvalue weighted by atomic mass is 32.1. The first-order chi connectivity index (χ1) is 7.22. The van der Waals surface area contributed by atoms with E-state index in [1.807, 2.05) is 6.92 Å². The lowest BCUT2D eigenvalue weighted by molar-refractivity contribution is 0.628. The molecule has 1 aromatic carbocycles. The molecule has 1 aromatic rings. The normalized spacial score (nSPS) is 10.3. The molecule has 0 radical (unpaired) electrons. The van der Waals surface area contributed by atoms with E-state index in [9.17, 15) is 4.39 Å². The Morgan fingerprint density at radius 3 is 3.07 bits per heavy atom. The minimum absolute atomic E-state index is 0.306. The fourth-order valence-corrected chi connectivity index (χ4v) is 1.09. The molecule has 2 N–H and O–H groups in total. The number of anilines is 1. The fraction of sp³-hybridized carbons (Fsp3) is 0.200. The van der Waals surface area contributed by atoms with Crippen molar-refractivity contribution < 1.29 is 4.39 Å². The molecule has 80 valence electrons. The van der Waals surface area contributed by atoms with Crippen molar-refractivity contribution in [1.29, 1.82) is 0 Å². The molecule has 0 fully saturated rings. The van der Waals surface area contributed by atoms with Gasteiger partial charge in [0.05, 0.1) is 0 Å². The zero-order chi connectivity index (χ0) is 11.1. The van der Waals surface area contributed by atoms with Crippen LogP contribution in [0, 0.1) is 5.82 Å². The molecule has 5 heteroatoms. The Balaban J connectivity index is 2.48. The van der Waals surface area contributed by atoms with Crippen molar-refractivity contribution in [2.75, 3.05) is 5.32 Å². The quantitative estimate of drug-likeness (QED) is 0.471. The SMILES string of the molecule is CCC=NNC(=S)Nc1cccc(F)c1. The average molecular weight is 225 g/mol. The van der Waals surface area contributed by atoms with E-state index in [0.717, 1.165) is 6.42 Å². The number of benzene rings is 1. The molecule has 0 atom stereocenters. The topological polar surface area (TPSA) is 36.4 Å². The maximum Gasteiger partial charge on any atom is 0.191 e. The molecule has 1 rings (SSSR count). The smallest absolute Gasteiger partial charge is 0.191 e.